The summed E-state index contributed by atoms with van der Waals surface area (Å²) < 4.78 is 2.03. The van der Waals surface area contributed by atoms with Crippen molar-refractivity contribution in [1.82, 2.24) is 24.6 Å². The Labute approximate surface area is 145 Å². The molecule has 0 spiro atoms. The van der Waals surface area contributed by atoms with Crippen molar-refractivity contribution in [3.05, 3.63) is 11.6 Å². The number of nitrogens with zero attached hydrogens (tertiary/aromatic N) is 5. The molecule has 2 saturated heterocycles. The average Bonchev–Trinajstić information content (AvgIpc) is 2.93. The third-order valence-electron chi connectivity index (χ3n) is 5.37. The van der Waals surface area contributed by atoms with Crippen molar-refractivity contribution >= 4 is 5.91 Å². The van der Waals surface area contributed by atoms with Crippen LogP contribution in [0.15, 0.2) is 0 Å². The number of likely N-dealkylation sites (tertiary alicyclic amines) is 2. The Balaban J connectivity index is 1.69. The summed E-state index contributed by atoms with van der Waals surface area (Å²) >= 11 is 0. The highest BCUT2D eigenvalue weighted by atomic mass is 16.2. The largest absolute Gasteiger partial charge is 0.339 e. The predicted octanol–water partition coefficient (Wildman–Crippen LogP) is 2.32. The van der Waals surface area contributed by atoms with Crippen molar-refractivity contribution in [1.29, 1.82) is 0 Å². The molecule has 6 heteroatoms. The average molecular weight is 333 g/mol. The van der Waals surface area contributed by atoms with E-state index in [-0.39, 0.29) is 12.1 Å². The summed E-state index contributed by atoms with van der Waals surface area (Å²) in [6.07, 6.45) is 6.66. The molecule has 0 unspecified atom stereocenters. The molecule has 24 heavy (non-hydrogen) atoms. The molecule has 1 amide bonds. The molecule has 0 radical (unpaired) electrons. The summed E-state index contributed by atoms with van der Waals surface area (Å²) in [7, 11) is 0. The number of amides is 1. The van der Waals surface area contributed by atoms with Crippen LogP contribution < -0.4 is 0 Å². The lowest BCUT2D eigenvalue weighted by molar-refractivity contribution is -0.140. The normalized spacial score (nSPS) is 25.9. The number of hydrogen-bond donors (Lipinski definition) is 0. The van der Waals surface area contributed by atoms with Crippen molar-refractivity contribution < 1.29 is 4.79 Å². The number of aryl methyl sites for hydroxylation is 2. The van der Waals surface area contributed by atoms with Gasteiger partial charge < -0.3 is 4.90 Å². The maximum Gasteiger partial charge on any atom is 0.239 e. The number of aromatic nitrogens is 3. The second-order valence-corrected chi connectivity index (χ2v) is 7.28. The van der Waals surface area contributed by atoms with Crippen molar-refractivity contribution in [2.75, 3.05) is 26.2 Å². The molecule has 2 aliphatic rings. The van der Waals surface area contributed by atoms with Crippen LogP contribution in [-0.2, 0) is 4.79 Å². The highest BCUT2D eigenvalue weighted by molar-refractivity contribution is 5.82. The van der Waals surface area contributed by atoms with Crippen LogP contribution >= 0.6 is 0 Å². The number of piperidine rings is 2. The third-order valence-corrected chi connectivity index (χ3v) is 5.37. The molecular weight excluding hydrogens is 302 g/mol. The van der Waals surface area contributed by atoms with Crippen LogP contribution in [0.3, 0.4) is 0 Å². The van der Waals surface area contributed by atoms with E-state index in [4.69, 9.17) is 0 Å². The molecule has 1 aromatic rings. The van der Waals surface area contributed by atoms with Crippen LogP contribution in [-0.4, -0.2) is 62.7 Å². The molecule has 3 rings (SSSR count). The van der Waals surface area contributed by atoms with Crippen LogP contribution in [0.1, 0.15) is 63.1 Å². The summed E-state index contributed by atoms with van der Waals surface area (Å²) in [5.74, 6) is 2.11. The van der Waals surface area contributed by atoms with Gasteiger partial charge in [0.15, 0.2) is 0 Å². The standard InChI is InChI=1S/C18H31N5O/c1-4-10-21-11-6-5-9-17(21)18(24)22-12-7-8-16(13-22)23-15(3)19-14(2)20-23/h16-17H,4-13H2,1-3H3/t16-,17-/m1/s1. The summed E-state index contributed by atoms with van der Waals surface area (Å²) in [5, 5.41) is 4.54. The highest BCUT2D eigenvalue weighted by Crippen LogP contribution is 2.25. The Morgan fingerprint density at radius 3 is 2.71 bits per heavy atom. The van der Waals surface area contributed by atoms with Crippen molar-refractivity contribution in [3.63, 3.8) is 0 Å². The molecule has 1 aromatic heterocycles. The maximum absolute atomic E-state index is 13.1. The minimum atomic E-state index is 0.0935. The third kappa shape index (κ3) is 3.63. The smallest absolute Gasteiger partial charge is 0.239 e. The van der Waals surface area contributed by atoms with Crippen LogP contribution in [0.2, 0.25) is 0 Å². The molecular formula is C18H31N5O. The molecule has 2 fully saturated rings. The van der Waals surface area contributed by atoms with Gasteiger partial charge in [0, 0.05) is 13.1 Å². The lowest BCUT2D eigenvalue weighted by Gasteiger charge is -2.40. The van der Waals surface area contributed by atoms with Gasteiger partial charge in [-0.3, -0.25) is 9.69 Å². The fourth-order valence-electron chi connectivity index (χ4n) is 4.27. The van der Waals surface area contributed by atoms with Crippen LogP contribution in [0.25, 0.3) is 0 Å². The molecule has 0 saturated carbocycles. The molecule has 134 valence electrons. The lowest BCUT2D eigenvalue weighted by Crippen LogP contribution is -2.53. The lowest BCUT2D eigenvalue weighted by atomic mass is 9.98. The van der Waals surface area contributed by atoms with Crippen molar-refractivity contribution in [3.8, 4) is 0 Å². The Kier molecular flexibility index (Phi) is 5.54. The van der Waals surface area contributed by atoms with E-state index < -0.39 is 0 Å². The Hall–Kier alpha value is -1.43. The van der Waals surface area contributed by atoms with Crippen LogP contribution in [0.4, 0.5) is 0 Å². The molecule has 3 heterocycles. The van der Waals surface area contributed by atoms with Crippen LogP contribution in [0, 0.1) is 13.8 Å². The summed E-state index contributed by atoms with van der Waals surface area (Å²) in [6, 6.07) is 0.364. The summed E-state index contributed by atoms with van der Waals surface area (Å²) in [6.45, 7) is 9.91. The second-order valence-electron chi connectivity index (χ2n) is 7.28. The fraction of sp³-hybridized carbons (Fsp3) is 0.833. The Morgan fingerprint density at radius 1 is 1.17 bits per heavy atom. The molecule has 0 N–H and O–H groups in total. The number of rotatable bonds is 4. The van der Waals surface area contributed by atoms with Gasteiger partial charge in [0.25, 0.3) is 0 Å². The van der Waals surface area contributed by atoms with Gasteiger partial charge in [-0.05, 0) is 59.0 Å². The molecule has 0 bridgehead atoms. The van der Waals surface area contributed by atoms with Crippen molar-refractivity contribution in [2.45, 2.75) is 71.4 Å². The zero-order valence-electron chi connectivity index (χ0n) is 15.4. The second kappa shape index (κ2) is 7.64. The summed E-state index contributed by atoms with van der Waals surface area (Å²) in [5.41, 5.74) is 0. The van der Waals surface area contributed by atoms with E-state index >= 15 is 0 Å². The van der Waals surface area contributed by atoms with E-state index in [9.17, 15) is 4.79 Å². The first-order valence-electron chi connectivity index (χ1n) is 9.52. The van der Waals surface area contributed by atoms with Gasteiger partial charge in [0.2, 0.25) is 5.91 Å². The number of hydrogen-bond acceptors (Lipinski definition) is 4. The molecule has 0 aromatic carbocycles. The zero-order chi connectivity index (χ0) is 17.1. The first-order valence-corrected chi connectivity index (χ1v) is 9.52. The zero-order valence-corrected chi connectivity index (χ0v) is 15.4. The van der Waals surface area contributed by atoms with Gasteiger partial charge in [-0.25, -0.2) is 9.67 Å². The Bertz CT molecular complexity index is 568. The van der Waals surface area contributed by atoms with Crippen LogP contribution in [0.5, 0.6) is 0 Å². The Morgan fingerprint density at radius 2 is 2.00 bits per heavy atom. The highest BCUT2D eigenvalue weighted by Gasteiger charge is 2.34. The van der Waals surface area contributed by atoms with E-state index in [0.717, 1.165) is 63.5 Å². The first-order chi connectivity index (χ1) is 11.6. The van der Waals surface area contributed by atoms with Gasteiger partial charge in [0.05, 0.1) is 12.1 Å². The van der Waals surface area contributed by atoms with E-state index in [1.54, 1.807) is 0 Å². The van der Waals surface area contributed by atoms with Gasteiger partial charge in [-0.1, -0.05) is 13.3 Å². The van der Waals surface area contributed by atoms with E-state index in [0.29, 0.717) is 5.91 Å². The summed E-state index contributed by atoms with van der Waals surface area (Å²) in [4.78, 5) is 22.1. The molecule has 0 aliphatic carbocycles. The first kappa shape index (κ1) is 17.4. The van der Waals surface area contributed by atoms with Gasteiger partial charge >= 0.3 is 0 Å². The fourth-order valence-corrected chi connectivity index (χ4v) is 4.27. The molecule has 2 atom stereocenters. The minimum Gasteiger partial charge on any atom is -0.339 e. The SMILES string of the molecule is CCCN1CCCC[C@@H]1C(=O)N1CCC[C@@H](n2nc(C)nc2C)C1. The van der Waals surface area contributed by atoms with E-state index in [1.165, 1.54) is 12.8 Å². The predicted molar refractivity (Wildman–Crippen MR) is 93.9 cm³/mol. The topological polar surface area (TPSA) is 54.3 Å². The minimum absolute atomic E-state index is 0.0935. The van der Waals surface area contributed by atoms with Gasteiger partial charge in [-0.2, -0.15) is 5.10 Å². The van der Waals surface area contributed by atoms with Crippen molar-refractivity contribution in [2.24, 2.45) is 0 Å². The quantitative estimate of drug-likeness (QED) is 0.848. The number of carbonyl (C=O) groups is 1. The van der Waals surface area contributed by atoms with Gasteiger partial charge in [-0.15, -0.1) is 0 Å². The van der Waals surface area contributed by atoms with E-state index in [1.807, 2.05) is 18.5 Å². The van der Waals surface area contributed by atoms with E-state index in [2.05, 4.69) is 26.8 Å². The number of carbonyl (C=O) groups excluding carboxylic acids is 1. The maximum atomic E-state index is 13.1. The van der Waals surface area contributed by atoms with Gasteiger partial charge in [0.1, 0.15) is 11.6 Å². The monoisotopic (exact) mass is 333 g/mol. The molecule has 6 nitrogen and oxygen atoms in total. The molecule has 2 aliphatic heterocycles.